The van der Waals surface area contributed by atoms with Gasteiger partial charge in [-0.1, -0.05) is 27.7 Å². The van der Waals surface area contributed by atoms with E-state index in [0.717, 1.165) is 5.56 Å². The van der Waals surface area contributed by atoms with Gasteiger partial charge in [-0.3, -0.25) is 9.59 Å². The monoisotopic (exact) mass is 473 g/mol. The molecule has 0 unspecified atom stereocenters. The first-order chi connectivity index (χ1) is 13.9. The molecule has 1 saturated heterocycles. The van der Waals surface area contributed by atoms with E-state index in [1.807, 2.05) is 6.07 Å². The van der Waals surface area contributed by atoms with Crippen molar-refractivity contribution in [3.05, 3.63) is 54.0 Å². The van der Waals surface area contributed by atoms with E-state index >= 15 is 0 Å². The number of rotatable bonds is 9. The number of nitrogens with zero attached hydrogens (tertiary/aromatic N) is 2. The first kappa shape index (κ1) is 24.3. The lowest BCUT2D eigenvalue weighted by Gasteiger charge is -2.16. The molecule has 2 heterocycles. The summed E-state index contributed by atoms with van der Waals surface area (Å²) in [6, 6.07) is 8.30. The molecule has 3 N–H and O–H groups in total. The molecule has 0 aliphatic carbocycles. The molecule has 1 fully saturated rings. The molecule has 2 atom stereocenters. The summed E-state index contributed by atoms with van der Waals surface area (Å²) in [5, 5.41) is 8.90. The molecule has 0 spiro atoms. The molecular formula is C19H21ClFN3O4S2. The maximum atomic E-state index is 12.9. The predicted molar refractivity (Wildman–Crippen MR) is 117 cm³/mol. The summed E-state index contributed by atoms with van der Waals surface area (Å²) in [6.45, 7) is 1.03. The Kier molecular flexibility index (Phi) is 9.22. The summed E-state index contributed by atoms with van der Waals surface area (Å²) >= 11 is 0. The van der Waals surface area contributed by atoms with Crippen molar-refractivity contribution < 1.29 is 23.8 Å². The van der Waals surface area contributed by atoms with Gasteiger partial charge in [-0.2, -0.15) is 0 Å². The highest BCUT2D eigenvalue weighted by Gasteiger charge is 2.30. The van der Waals surface area contributed by atoms with Crippen molar-refractivity contribution >= 4 is 45.9 Å². The Hall–Kier alpha value is -2.01. The lowest BCUT2D eigenvalue weighted by molar-refractivity contribution is -0.138. The normalized spacial score (nSPS) is 16.8. The number of carboxylic acids is 1. The smallest absolute Gasteiger partial charge is 0.321 e. The Labute approximate surface area is 187 Å². The molecule has 1 aliphatic rings. The number of nitrogens with two attached hydrogens (primary N) is 1. The number of carbonyl (C=O) groups excluding carboxylic acids is 1. The first-order valence-electron chi connectivity index (χ1n) is 8.83. The second kappa shape index (κ2) is 11.4. The number of halogens is 2. The molecule has 1 aromatic heterocycles. The number of amides is 1. The van der Waals surface area contributed by atoms with Crippen LogP contribution in [0.2, 0.25) is 0 Å². The van der Waals surface area contributed by atoms with Crippen molar-refractivity contribution in [2.24, 2.45) is 5.73 Å². The quantitative estimate of drug-likeness (QED) is 0.534. The summed E-state index contributed by atoms with van der Waals surface area (Å²) < 4.78 is 18.5. The van der Waals surface area contributed by atoms with Crippen LogP contribution in [0.4, 0.5) is 4.39 Å². The van der Waals surface area contributed by atoms with Gasteiger partial charge in [-0.05, 0) is 29.8 Å². The third-order valence-electron chi connectivity index (χ3n) is 4.16. The molecule has 0 bridgehead atoms. The number of hydrogen-bond acceptors (Lipinski definition) is 7. The summed E-state index contributed by atoms with van der Waals surface area (Å²) in [7, 11) is 2.88. The summed E-state index contributed by atoms with van der Waals surface area (Å²) in [4.78, 5) is 29.0. The van der Waals surface area contributed by atoms with Crippen LogP contribution < -0.4 is 10.5 Å². The average Bonchev–Trinajstić information content (AvgIpc) is 3.04. The Morgan fingerprint density at radius 2 is 2.07 bits per heavy atom. The minimum absolute atomic E-state index is 0. The van der Waals surface area contributed by atoms with Crippen LogP contribution in [0.1, 0.15) is 12.0 Å². The molecular weight excluding hydrogens is 453 g/mol. The second-order valence-electron chi connectivity index (χ2n) is 6.49. The van der Waals surface area contributed by atoms with Crippen LogP contribution in [0.3, 0.4) is 0 Å². The number of aliphatic carboxylic acids is 1. The molecule has 1 amide bonds. The maximum Gasteiger partial charge on any atom is 0.321 e. The minimum atomic E-state index is -1.03. The highest BCUT2D eigenvalue weighted by molar-refractivity contribution is 8.77. The molecule has 0 saturated carbocycles. The van der Waals surface area contributed by atoms with Gasteiger partial charge in [0.15, 0.2) is 0 Å². The number of pyridine rings is 1. The first-order valence-corrected chi connectivity index (χ1v) is 11.2. The number of benzene rings is 1. The zero-order valence-corrected chi connectivity index (χ0v) is 18.2. The van der Waals surface area contributed by atoms with Crippen molar-refractivity contribution in [3.8, 4) is 11.6 Å². The van der Waals surface area contributed by atoms with Crippen LogP contribution in [-0.4, -0.2) is 50.5 Å². The van der Waals surface area contributed by atoms with Crippen molar-refractivity contribution in [2.75, 3.05) is 12.3 Å². The van der Waals surface area contributed by atoms with Gasteiger partial charge < -0.3 is 20.5 Å². The summed E-state index contributed by atoms with van der Waals surface area (Å²) in [6.07, 6.45) is 2.06. The predicted octanol–water partition coefficient (Wildman–Crippen LogP) is 3.33. The molecule has 7 nitrogen and oxygen atoms in total. The summed E-state index contributed by atoms with van der Waals surface area (Å²) in [5.41, 5.74) is 6.35. The zero-order valence-electron chi connectivity index (χ0n) is 15.8. The largest absolute Gasteiger partial charge is 0.480 e. The van der Waals surface area contributed by atoms with Crippen molar-refractivity contribution in [3.63, 3.8) is 0 Å². The van der Waals surface area contributed by atoms with Crippen LogP contribution >= 0.6 is 34.0 Å². The molecule has 2 aromatic rings. The highest BCUT2D eigenvalue weighted by Crippen LogP contribution is 2.34. The number of carbonyl (C=O) groups is 2. The standard InChI is InChI=1S/C19H20FN3O4S2.ClH/c20-13-2-4-14(5-3-13)27-17-6-1-12(8-22-17)9-23-10-15(7-18(23)24)29-28-11-16(21)19(25)26;/h1-6,8,15-16H,7,9-11,21H2,(H,25,26);1H/t15-,16+;/m1./s1. The van der Waals surface area contributed by atoms with Crippen LogP contribution in [0.5, 0.6) is 11.6 Å². The van der Waals surface area contributed by atoms with E-state index in [4.69, 9.17) is 15.6 Å². The fourth-order valence-corrected chi connectivity index (χ4v) is 5.29. The van der Waals surface area contributed by atoms with Crippen LogP contribution in [-0.2, 0) is 16.1 Å². The summed E-state index contributed by atoms with van der Waals surface area (Å²) in [5.74, 6) is -0.145. The molecule has 0 radical (unpaired) electrons. The average molecular weight is 474 g/mol. The molecule has 30 heavy (non-hydrogen) atoms. The number of ether oxygens (including phenoxy) is 1. The van der Waals surface area contributed by atoms with Gasteiger partial charge in [-0.15, -0.1) is 12.4 Å². The van der Waals surface area contributed by atoms with E-state index in [-0.39, 0.29) is 29.4 Å². The molecule has 1 aromatic carbocycles. The van der Waals surface area contributed by atoms with Gasteiger partial charge in [0.05, 0.1) is 0 Å². The third kappa shape index (κ3) is 7.05. The van der Waals surface area contributed by atoms with Gasteiger partial charge in [0.25, 0.3) is 0 Å². The number of hydrogen-bond donors (Lipinski definition) is 2. The maximum absolute atomic E-state index is 12.9. The van der Waals surface area contributed by atoms with E-state index in [1.165, 1.54) is 45.9 Å². The molecule has 3 rings (SSSR count). The minimum Gasteiger partial charge on any atom is -0.480 e. The highest BCUT2D eigenvalue weighted by atomic mass is 35.5. The van der Waals surface area contributed by atoms with Gasteiger partial charge in [0.2, 0.25) is 11.8 Å². The van der Waals surface area contributed by atoms with Crippen LogP contribution in [0.25, 0.3) is 0 Å². The van der Waals surface area contributed by atoms with Gasteiger partial charge >= 0.3 is 5.97 Å². The Bertz CT molecular complexity index is 858. The molecule has 1 aliphatic heterocycles. The fourth-order valence-electron chi connectivity index (χ4n) is 2.64. The Morgan fingerprint density at radius 3 is 2.70 bits per heavy atom. The second-order valence-corrected chi connectivity index (χ2v) is 9.20. The zero-order chi connectivity index (χ0) is 20.8. The van der Waals surface area contributed by atoms with Crippen LogP contribution in [0.15, 0.2) is 42.6 Å². The van der Waals surface area contributed by atoms with E-state index < -0.39 is 12.0 Å². The Balaban J connectivity index is 0.00000320. The van der Waals surface area contributed by atoms with E-state index in [2.05, 4.69) is 4.98 Å². The topological polar surface area (TPSA) is 106 Å². The van der Waals surface area contributed by atoms with Crippen molar-refractivity contribution in [2.45, 2.75) is 24.3 Å². The van der Waals surface area contributed by atoms with E-state index in [0.29, 0.717) is 36.9 Å². The third-order valence-corrected chi connectivity index (χ3v) is 7.01. The molecule has 11 heteroatoms. The van der Waals surface area contributed by atoms with Gasteiger partial charge in [-0.25, -0.2) is 9.37 Å². The molecule has 162 valence electrons. The van der Waals surface area contributed by atoms with Crippen molar-refractivity contribution in [1.29, 1.82) is 0 Å². The van der Waals surface area contributed by atoms with Gasteiger partial charge in [0, 0.05) is 42.8 Å². The Morgan fingerprint density at radius 1 is 1.33 bits per heavy atom. The van der Waals surface area contributed by atoms with Crippen molar-refractivity contribution in [1.82, 2.24) is 9.88 Å². The van der Waals surface area contributed by atoms with Crippen LogP contribution in [0, 0.1) is 5.82 Å². The fraction of sp³-hybridized carbons (Fsp3) is 0.316. The van der Waals surface area contributed by atoms with E-state index in [9.17, 15) is 14.0 Å². The lowest BCUT2D eigenvalue weighted by atomic mass is 10.2. The number of carboxylic acid groups (broad SMARTS) is 1. The van der Waals surface area contributed by atoms with Gasteiger partial charge in [0.1, 0.15) is 17.6 Å². The number of likely N-dealkylation sites (tertiary alicyclic amines) is 1. The lowest BCUT2D eigenvalue weighted by Crippen LogP contribution is -2.32. The van der Waals surface area contributed by atoms with E-state index in [1.54, 1.807) is 17.2 Å². The number of aromatic nitrogens is 1. The SMILES string of the molecule is Cl.N[C@@H](CSS[C@@H]1CC(=O)N(Cc2ccc(Oc3ccc(F)cc3)nc2)C1)C(=O)O.